The van der Waals surface area contributed by atoms with Crippen LogP contribution in [0.4, 0.5) is 10.1 Å². The van der Waals surface area contributed by atoms with Crippen molar-refractivity contribution in [1.29, 1.82) is 0 Å². The Balaban J connectivity index is 2.55. The third-order valence-corrected chi connectivity index (χ3v) is 4.57. The lowest BCUT2D eigenvalue weighted by atomic mass is 10.3. The van der Waals surface area contributed by atoms with E-state index in [1.54, 1.807) is 12.1 Å². The van der Waals surface area contributed by atoms with Crippen molar-refractivity contribution in [3.8, 4) is 0 Å². The third kappa shape index (κ3) is 1.08. The summed E-state index contributed by atoms with van der Waals surface area (Å²) < 4.78 is 12.8. The largest absolute Gasteiger partial charge is 0.376 e. The minimum Gasteiger partial charge on any atom is -0.376 e. The molecule has 0 saturated heterocycles. The second-order valence-corrected chi connectivity index (χ2v) is 7.30. The summed E-state index contributed by atoms with van der Waals surface area (Å²) in [7, 11) is -0.700. The summed E-state index contributed by atoms with van der Waals surface area (Å²) in [6.07, 6.45) is 4.48. The van der Waals surface area contributed by atoms with Crippen LogP contribution in [0.15, 0.2) is 23.1 Å². The second kappa shape index (κ2) is 2.39. The van der Waals surface area contributed by atoms with Gasteiger partial charge in [0.05, 0.1) is 0 Å². The number of benzene rings is 1. The zero-order chi connectivity index (χ0) is 8.77. The molecule has 0 fully saturated rings. The van der Waals surface area contributed by atoms with Gasteiger partial charge < -0.3 is 5.32 Å². The van der Waals surface area contributed by atoms with Crippen LogP contribution in [-0.2, 0) is 0 Å². The average Bonchev–Trinajstić information content (AvgIpc) is 2.27. The molecule has 0 bridgehead atoms. The maximum absolute atomic E-state index is 12.8. The normalized spacial score (nSPS) is 21.2. The molecular formula is C9H12FNS. The highest BCUT2D eigenvalue weighted by molar-refractivity contribution is 8.33. The first kappa shape index (κ1) is 7.92. The quantitative estimate of drug-likeness (QED) is 0.655. The molecule has 1 nitrogen and oxygen atoms in total. The first-order chi connectivity index (χ1) is 5.59. The van der Waals surface area contributed by atoms with Crippen molar-refractivity contribution in [2.24, 2.45) is 0 Å². The summed E-state index contributed by atoms with van der Waals surface area (Å²) in [4.78, 5) is 1.30. The maximum Gasteiger partial charge on any atom is 0.125 e. The molecule has 1 aromatic rings. The molecule has 12 heavy (non-hydrogen) atoms. The lowest BCUT2D eigenvalue weighted by molar-refractivity contribution is 0.627. The standard InChI is InChI=1S/C9H12FNS/c1-12(2)6-11-8-5-7(10)3-4-9(8)12/h3-5,11H,6H2,1-2H3. The van der Waals surface area contributed by atoms with Crippen molar-refractivity contribution in [1.82, 2.24) is 0 Å². The molecule has 66 valence electrons. The van der Waals surface area contributed by atoms with Crippen LogP contribution in [0, 0.1) is 5.82 Å². The molecule has 2 rings (SSSR count). The Morgan fingerprint density at radius 2 is 2.17 bits per heavy atom. The molecule has 0 saturated carbocycles. The van der Waals surface area contributed by atoms with E-state index >= 15 is 0 Å². The predicted octanol–water partition coefficient (Wildman–Crippen LogP) is 2.63. The summed E-state index contributed by atoms with van der Waals surface area (Å²) in [5.74, 6) is 0.824. The van der Waals surface area contributed by atoms with Gasteiger partial charge >= 0.3 is 0 Å². The number of rotatable bonds is 0. The number of hydrogen-bond donors (Lipinski definition) is 1. The number of nitrogens with one attached hydrogen (secondary N) is 1. The van der Waals surface area contributed by atoms with Crippen LogP contribution >= 0.6 is 10.0 Å². The summed E-state index contributed by atoms with van der Waals surface area (Å²) >= 11 is 0. The van der Waals surface area contributed by atoms with E-state index in [4.69, 9.17) is 0 Å². The highest BCUT2D eigenvalue weighted by Gasteiger charge is 2.24. The van der Waals surface area contributed by atoms with Crippen molar-refractivity contribution in [2.75, 3.05) is 23.7 Å². The molecule has 0 aromatic heterocycles. The Labute approximate surface area is 73.3 Å². The summed E-state index contributed by atoms with van der Waals surface area (Å²) in [6, 6.07) is 5.03. The zero-order valence-corrected chi connectivity index (χ0v) is 8.04. The molecule has 0 spiro atoms. The topological polar surface area (TPSA) is 12.0 Å². The summed E-state index contributed by atoms with van der Waals surface area (Å²) in [5.41, 5.74) is 0.981. The summed E-state index contributed by atoms with van der Waals surface area (Å²) in [6.45, 7) is 0. The molecular weight excluding hydrogens is 173 g/mol. The van der Waals surface area contributed by atoms with Crippen molar-refractivity contribution in [3.05, 3.63) is 24.0 Å². The van der Waals surface area contributed by atoms with E-state index in [9.17, 15) is 4.39 Å². The van der Waals surface area contributed by atoms with Crippen LogP contribution in [-0.4, -0.2) is 18.4 Å². The lowest BCUT2D eigenvalue weighted by Gasteiger charge is -2.23. The lowest BCUT2D eigenvalue weighted by Crippen LogP contribution is -1.98. The van der Waals surface area contributed by atoms with Gasteiger partial charge in [-0.2, -0.15) is 0 Å². The molecule has 1 heterocycles. The highest BCUT2D eigenvalue weighted by Crippen LogP contribution is 2.56. The van der Waals surface area contributed by atoms with Crippen LogP contribution in [0.2, 0.25) is 0 Å². The third-order valence-electron chi connectivity index (χ3n) is 2.16. The van der Waals surface area contributed by atoms with Crippen molar-refractivity contribution in [2.45, 2.75) is 4.90 Å². The first-order valence-corrected chi connectivity index (χ1v) is 6.46. The fourth-order valence-corrected chi connectivity index (χ4v) is 3.29. The number of fused-ring (bicyclic) bond motifs is 1. The molecule has 0 atom stereocenters. The smallest absolute Gasteiger partial charge is 0.125 e. The Morgan fingerprint density at radius 1 is 1.42 bits per heavy atom. The van der Waals surface area contributed by atoms with Gasteiger partial charge in [0.15, 0.2) is 0 Å². The van der Waals surface area contributed by atoms with E-state index in [0.29, 0.717) is 0 Å². The monoisotopic (exact) mass is 185 g/mol. The van der Waals surface area contributed by atoms with Gasteiger partial charge in [-0.15, -0.1) is 0 Å². The Kier molecular flexibility index (Phi) is 1.58. The Hall–Kier alpha value is -0.700. The minimum atomic E-state index is -0.700. The first-order valence-electron chi connectivity index (χ1n) is 3.84. The number of hydrogen-bond acceptors (Lipinski definition) is 1. The SMILES string of the molecule is CS1(C)CNc2cc(F)ccc21. The van der Waals surface area contributed by atoms with Gasteiger partial charge in [0, 0.05) is 16.5 Å². The second-order valence-electron chi connectivity index (χ2n) is 3.50. The van der Waals surface area contributed by atoms with Crippen LogP contribution in [0.5, 0.6) is 0 Å². The molecule has 0 radical (unpaired) electrons. The van der Waals surface area contributed by atoms with Crippen molar-refractivity contribution < 1.29 is 4.39 Å². The Morgan fingerprint density at radius 3 is 2.92 bits per heavy atom. The molecule has 1 aromatic carbocycles. The zero-order valence-electron chi connectivity index (χ0n) is 7.23. The van der Waals surface area contributed by atoms with Crippen LogP contribution < -0.4 is 5.32 Å². The van der Waals surface area contributed by atoms with Gasteiger partial charge in [-0.1, -0.05) is 0 Å². The fraction of sp³-hybridized carbons (Fsp3) is 0.333. The molecule has 3 heteroatoms. The predicted molar refractivity (Wildman–Crippen MR) is 52.6 cm³/mol. The maximum atomic E-state index is 12.8. The molecule has 1 N–H and O–H groups in total. The van der Waals surface area contributed by atoms with Crippen LogP contribution in [0.3, 0.4) is 0 Å². The van der Waals surface area contributed by atoms with E-state index < -0.39 is 10.0 Å². The molecule has 0 amide bonds. The van der Waals surface area contributed by atoms with Gasteiger partial charge in [0.1, 0.15) is 5.82 Å². The van der Waals surface area contributed by atoms with E-state index in [1.165, 1.54) is 4.90 Å². The average molecular weight is 185 g/mol. The summed E-state index contributed by atoms with van der Waals surface area (Å²) in [5, 5.41) is 3.23. The van der Waals surface area contributed by atoms with E-state index in [0.717, 1.165) is 11.6 Å². The molecule has 0 unspecified atom stereocenters. The molecule has 1 aliphatic rings. The minimum absolute atomic E-state index is 0.154. The van der Waals surface area contributed by atoms with Crippen LogP contribution in [0.1, 0.15) is 0 Å². The van der Waals surface area contributed by atoms with Crippen molar-refractivity contribution in [3.63, 3.8) is 0 Å². The molecule has 0 aliphatic carbocycles. The van der Waals surface area contributed by atoms with E-state index in [1.807, 2.05) is 6.07 Å². The van der Waals surface area contributed by atoms with Gasteiger partial charge in [-0.25, -0.2) is 14.4 Å². The van der Waals surface area contributed by atoms with Crippen LogP contribution in [0.25, 0.3) is 0 Å². The van der Waals surface area contributed by atoms with E-state index in [-0.39, 0.29) is 5.82 Å². The van der Waals surface area contributed by atoms with Gasteiger partial charge in [0.2, 0.25) is 0 Å². The Bertz CT molecular complexity index is 322. The molecule has 1 aliphatic heterocycles. The van der Waals surface area contributed by atoms with Gasteiger partial charge in [-0.05, 0) is 30.7 Å². The fourth-order valence-electron chi connectivity index (χ4n) is 1.46. The number of halogens is 1. The van der Waals surface area contributed by atoms with E-state index in [2.05, 4.69) is 17.8 Å². The van der Waals surface area contributed by atoms with Crippen molar-refractivity contribution >= 4 is 15.7 Å². The van der Waals surface area contributed by atoms with Gasteiger partial charge in [0.25, 0.3) is 0 Å². The highest BCUT2D eigenvalue weighted by atomic mass is 32.3. The van der Waals surface area contributed by atoms with Gasteiger partial charge in [-0.3, -0.25) is 0 Å². The number of anilines is 1.